The van der Waals surface area contributed by atoms with Gasteiger partial charge in [0, 0.05) is 25.2 Å². The van der Waals surface area contributed by atoms with Crippen molar-refractivity contribution in [1.29, 1.82) is 0 Å². The van der Waals surface area contributed by atoms with Gasteiger partial charge in [0.1, 0.15) is 5.82 Å². The third-order valence-electron chi connectivity index (χ3n) is 5.04. The number of carbonyl (C=O) groups excluding carboxylic acids is 1. The molecule has 0 saturated carbocycles. The average molecular weight is 387 g/mol. The molecule has 0 bridgehead atoms. The van der Waals surface area contributed by atoms with Crippen LogP contribution in [0.25, 0.3) is 0 Å². The van der Waals surface area contributed by atoms with Crippen LogP contribution in [0.4, 0.5) is 4.39 Å². The zero-order valence-corrected chi connectivity index (χ0v) is 16.1. The van der Waals surface area contributed by atoms with E-state index in [0.29, 0.717) is 37.9 Å². The number of carbonyl (C=O) groups is 1. The van der Waals surface area contributed by atoms with E-state index in [0.717, 1.165) is 18.4 Å². The van der Waals surface area contributed by atoms with Gasteiger partial charge < -0.3 is 19.5 Å². The van der Waals surface area contributed by atoms with Gasteiger partial charge in [-0.3, -0.25) is 4.79 Å². The first kappa shape index (κ1) is 20.1. The van der Waals surface area contributed by atoms with Crippen LogP contribution >= 0.6 is 0 Å². The van der Waals surface area contributed by atoms with Crippen LogP contribution in [-0.2, 0) is 14.9 Å². The van der Waals surface area contributed by atoms with Crippen LogP contribution < -0.4 is 14.8 Å². The molecule has 1 N–H and O–H groups in total. The van der Waals surface area contributed by atoms with Crippen LogP contribution in [-0.4, -0.2) is 38.9 Å². The first-order chi connectivity index (χ1) is 13.6. The van der Waals surface area contributed by atoms with Crippen LogP contribution in [0.3, 0.4) is 0 Å². The van der Waals surface area contributed by atoms with Gasteiger partial charge in [-0.25, -0.2) is 4.39 Å². The molecule has 0 atom stereocenters. The van der Waals surface area contributed by atoms with Crippen LogP contribution in [0.2, 0.25) is 0 Å². The lowest BCUT2D eigenvalue weighted by atomic mass is 9.74. The molecule has 3 rings (SSSR count). The second-order valence-corrected chi connectivity index (χ2v) is 6.84. The summed E-state index contributed by atoms with van der Waals surface area (Å²) in [7, 11) is 0. The molecule has 150 valence electrons. The summed E-state index contributed by atoms with van der Waals surface area (Å²) in [6.07, 6.45) is 1.54. The maximum Gasteiger partial charge on any atom is 0.257 e. The van der Waals surface area contributed by atoms with Crippen molar-refractivity contribution < 1.29 is 23.4 Å². The van der Waals surface area contributed by atoms with Crippen molar-refractivity contribution in [1.82, 2.24) is 5.32 Å². The van der Waals surface area contributed by atoms with Crippen LogP contribution in [0.15, 0.2) is 48.5 Å². The summed E-state index contributed by atoms with van der Waals surface area (Å²) in [5, 5.41) is 2.97. The molecule has 2 aromatic rings. The zero-order chi connectivity index (χ0) is 19.8. The molecule has 1 aliphatic rings. The second-order valence-electron chi connectivity index (χ2n) is 6.84. The van der Waals surface area contributed by atoms with Crippen molar-refractivity contribution in [2.75, 3.05) is 33.0 Å². The lowest BCUT2D eigenvalue weighted by molar-refractivity contribution is -0.123. The van der Waals surface area contributed by atoms with Gasteiger partial charge in [-0.05, 0) is 49.6 Å². The summed E-state index contributed by atoms with van der Waals surface area (Å²) >= 11 is 0. The van der Waals surface area contributed by atoms with Crippen molar-refractivity contribution in [2.45, 2.75) is 25.2 Å². The lowest BCUT2D eigenvalue weighted by Crippen LogP contribution is -2.45. The van der Waals surface area contributed by atoms with Crippen molar-refractivity contribution in [3.63, 3.8) is 0 Å². The van der Waals surface area contributed by atoms with E-state index in [1.807, 2.05) is 25.1 Å². The van der Waals surface area contributed by atoms with Crippen LogP contribution in [0.1, 0.15) is 25.3 Å². The van der Waals surface area contributed by atoms with Crippen molar-refractivity contribution in [2.24, 2.45) is 0 Å². The van der Waals surface area contributed by atoms with E-state index in [9.17, 15) is 9.18 Å². The molecule has 1 amide bonds. The first-order valence-electron chi connectivity index (χ1n) is 9.58. The van der Waals surface area contributed by atoms with Crippen LogP contribution in [0, 0.1) is 5.82 Å². The Hall–Kier alpha value is -2.60. The van der Waals surface area contributed by atoms with E-state index in [2.05, 4.69) is 5.32 Å². The van der Waals surface area contributed by atoms with E-state index in [1.54, 1.807) is 18.2 Å². The molecular weight excluding hydrogens is 361 g/mol. The molecule has 6 heteroatoms. The largest absolute Gasteiger partial charge is 0.490 e. The minimum absolute atomic E-state index is 0.0971. The standard InChI is InChI=1S/C22H26FNO4/c1-2-27-19-5-3-4-6-20(19)28-15-21(25)24-16-22(11-13-26-14-12-22)17-7-9-18(23)10-8-17/h3-10H,2,11-16H2,1H3,(H,24,25). The number of hydrogen-bond donors (Lipinski definition) is 1. The monoisotopic (exact) mass is 387 g/mol. The number of rotatable bonds is 8. The van der Waals surface area contributed by atoms with E-state index in [4.69, 9.17) is 14.2 Å². The maximum atomic E-state index is 13.3. The fraction of sp³-hybridized carbons (Fsp3) is 0.409. The Labute approximate surface area is 164 Å². The fourth-order valence-corrected chi connectivity index (χ4v) is 3.44. The normalized spacial score (nSPS) is 15.6. The third kappa shape index (κ3) is 5.01. The van der Waals surface area contributed by atoms with E-state index in [1.165, 1.54) is 12.1 Å². The Morgan fingerprint density at radius 2 is 1.71 bits per heavy atom. The molecular formula is C22H26FNO4. The molecule has 2 aromatic carbocycles. The molecule has 28 heavy (non-hydrogen) atoms. The van der Waals surface area contributed by atoms with Crippen molar-refractivity contribution >= 4 is 5.91 Å². The number of ether oxygens (including phenoxy) is 3. The molecule has 0 aliphatic carbocycles. The molecule has 0 spiro atoms. The smallest absolute Gasteiger partial charge is 0.257 e. The Kier molecular flexibility index (Phi) is 6.87. The Morgan fingerprint density at radius 3 is 2.36 bits per heavy atom. The van der Waals surface area contributed by atoms with Crippen molar-refractivity contribution in [3.05, 3.63) is 59.9 Å². The minimum Gasteiger partial charge on any atom is -0.490 e. The quantitative estimate of drug-likeness (QED) is 0.754. The number of nitrogens with one attached hydrogen (secondary N) is 1. The molecule has 0 radical (unpaired) electrons. The summed E-state index contributed by atoms with van der Waals surface area (Å²) < 4.78 is 30.0. The number of benzene rings is 2. The first-order valence-corrected chi connectivity index (χ1v) is 9.58. The third-order valence-corrected chi connectivity index (χ3v) is 5.04. The number of halogens is 1. The number of hydrogen-bond acceptors (Lipinski definition) is 4. The molecule has 0 aromatic heterocycles. The summed E-state index contributed by atoms with van der Waals surface area (Å²) in [6, 6.07) is 13.8. The van der Waals surface area contributed by atoms with Gasteiger partial charge in [0.2, 0.25) is 0 Å². The van der Waals surface area contributed by atoms with E-state index >= 15 is 0 Å². The zero-order valence-electron chi connectivity index (χ0n) is 16.1. The highest BCUT2D eigenvalue weighted by Gasteiger charge is 2.34. The molecule has 1 saturated heterocycles. The van der Waals surface area contributed by atoms with Crippen LogP contribution in [0.5, 0.6) is 11.5 Å². The van der Waals surface area contributed by atoms with Gasteiger partial charge in [0.25, 0.3) is 5.91 Å². The van der Waals surface area contributed by atoms with Crippen molar-refractivity contribution in [3.8, 4) is 11.5 Å². The summed E-state index contributed by atoms with van der Waals surface area (Å²) in [4.78, 5) is 12.4. The maximum absolute atomic E-state index is 13.3. The fourth-order valence-electron chi connectivity index (χ4n) is 3.44. The highest BCUT2D eigenvalue weighted by molar-refractivity contribution is 5.77. The van der Waals surface area contributed by atoms with Gasteiger partial charge in [0.05, 0.1) is 6.61 Å². The lowest BCUT2D eigenvalue weighted by Gasteiger charge is -2.38. The number of amides is 1. The molecule has 0 unspecified atom stereocenters. The highest BCUT2D eigenvalue weighted by Crippen LogP contribution is 2.34. The van der Waals surface area contributed by atoms with Gasteiger partial charge in [-0.15, -0.1) is 0 Å². The minimum atomic E-state index is -0.267. The predicted molar refractivity (Wildman–Crippen MR) is 104 cm³/mol. The second kappa shape index (κ2) is 9.55. The Morgan fingerprint density at radius 1 is 1.07 bits per heavy atom. The Balaban J connectivity index is 1.60. The molecule has 1 heterocycles. The van der Waals surface area contributed by atoms with E-state index < -0.39 is 0 Å². The topological polar surface area (TPSA) is 56.8 Å². The molecule has 1 aliphatic heterocycles. The van der Waals surface area contributed by atoms with Gasteiger partial charge in [-0.2, -0.15) is 0 Å². The molecule has 5 nitrogen and oxygen atoms in total. The van der Waals surface area contributed by atoms with Gasteiger partial charge >= 0.3 is 0 Å². The summed E-state index contributed by atoms with van der Waals surface area (Å²) in [5.41, 5.74) is 0.755. The number of para-hydroxylation sites is 2. The SMILES string of the molecule is CCOc1ccccc1OCC(=O)NCC1(c2ccc(F)cc2)CCOCC1. The summed E-state index contributed by atoms with van der Waals surface area (Å²) in [5.74, 6) is 0.680. The highest BCUT2D eigenvalue weighted by atomic mass is 19.1. The summed E-state index contributed by atoms with van der Waals surface area (Å²) in [6.45, 7) is 4.01. The van der Waals surface area contributed by atoms with Gasteiger partial charge in [-0.1, -0.05) is 24.3 Å². The molecule has 1 fully saturated rings. The average Bonchev–Trinajstić information content (AvgIpc) is 2.73. The van der Waals surface area contributed by atoms with E-state index in [-0.39, 0.29) is 23.7 Å². The Bertz CT molecular complexity index is 772. The predicted octanol–water partition coefficient (Wildman–Crippen LogP) is 3.47. The van der Waals surface area contributed by atoms with Gasteiger partial charge in [0.15, 0.2) is 18.1 Å².